The third-order valence-electron chi connectivity index (χ3n) is 5.19. The predicted molar refractivity (Wildman–Crippen MR) is 122 cm³/mol. The van der Waals surface area contributed by atoms with Gasteiger partial charge < -0.3 is 14.1 Å². The first-order valence-corrected chi connectivity index (χ1v) is 11.0. The zero-order chi connectivity index (χ0) is 21.4. The fourth-order valence-corrected chi connectivity index (χ4v) is 4.46. The Labute approximate surface area is 183 Å². The van der Waals surface area contributed by atoms with E-state index in [-0.39, 0.29) is 11.6 Å². The molecule has 158 valence electrons. The van der Waals surface area contributed by atoms with E-state index in [1.165, 1.54) is 11.3 Å². The SMILES string of the molecule is Cc1ccc(-c2nc(C(=O)Nc3nc4ccc(C)cc4s3)c(N3CCOCC3)o2)cc1. The maximum atomic E-state index is 13.2. The van der Waals surface area contributed by atoms with Crippen molar-refractivity contribution in [2.45, 2.75) is 13.8 Å². The van der Waals surface area contributed by atoms with Gasteiger partial charge in [-0.15, -0.1) is 0 Å². The van der Waals surface area contributed by atoms with E-state index in [1.54, 1.807) is 0 Å². The smallest absolute Gasteiger partial charge is 0.281 e. The molecule has 0 saturated carbocycles. The minimum absolute atomic E-state index is 0.257. The summed E-state index contributed by atoms with van der Waals surface area (Å²) in [6.45, 7) is 6.51. The van der Waals surface area contributed by atoms with Gasteiger partial charge in [0.25, 0.3) is 5.91 Å². The van der Waals surface area contributed by atoms with E-state index < -0.39 is 0 Å². The summed E-state index contributed by atoms with van der Waals surface area (Å²) in [5.41, 5.74) is 4.25. The third kappa shape index (κ3) is 4.04. The number of carbonyl (C=O) groups excluding carboxylic acids is 1. The van der Waals surface area contributed by atoms with E-state index in [0.717, 1.165) is 26.9 Å². The molecule has 1 aliphatic rings. The van der Waals surface area contributed by atoms with Crippen molar-refractivity contribution in [2.24, 2.45) is 0 Å². The van der Waals surface area contributed by atoms with Gasteiger partial charge in [0, 0.05) is 18.7 Å². The lowest BCUT2D eigenvalue weighted by atomic mass is 10.1. The molecule has 7 nitrogen and oxygen atoms in total. The van der Waals surface area contributed by atoms with E-state index in [0.29, 0.717) is 43.2 Å². The molecule has 0 radical (unpaired) electrons. The molecule has 0 aliphatic carbocycles. The zero-order valence-corrected chi connectivity index (χ0v) is 18.2. The van der Waals surface area contributed by atoms with Crippen molar-refractivity contribution in [2.75, 3.05) is 36.5 Å². The predicted octanol–water partition coefficient (Wildman–Crippen LogP) is 4.66. The molecule has 0 bridgehead atoms. The molecule has 1 saturated heterocycles. The van der Waals surface area contributed by atoms with Gasteiger partial charge in [0.05, 0.1) is 23.4 Å². The Balaban J connectivity index is 1.49. The van der Waals surface area contributed by atoms with Crippen molar-refractivity contribution in [1.82, 2.24) is 9.97 Å². The summed E-state index contributed by atoms with van der Waals surface area (Å²) < 4.78 is 12.6. The number of hydrogen-bond acceptors (Lipinski definition) is 7. The number of morpholine rings is 1. The van der Waals surface area contributed by atoms with Gasteiger partial charge in [-0.1, -0.05) is 35.1 Å². The van der Waals surface area contributed by atoms with Gasteiger partial charge >= 0.3 is 0 Å². The maximum Gasteiger partial charge on any atom is 0.281 e. The lowest BCUT2D eigenvalue weighted by Crippen LogP contribution is -2.37. The third-order valence-corrected chi connectivity index (χ3v) is 6.12. The lowest BCUT2D eigenvalue weighted by molar-refractivity contribution is 0.101. The second-order valence-corrected chi connectivity index (χ2v) is 8.61. The van der Waals surface area contributed by atoms with Crippen molar-refractivity contribution < 1.29 is 13.9 Å². The Morgan fingerprint density at radius 2 is 1.77 bits per heavy atom. The van der Waals surface area contributed by atoms with Crippen LogP contribution in [0, 0.1) is 13.8 Å². The molecule has 1 fully saturated rings. The summed E-state index contributed by atoms with van der Waals surface area (Å²) in [5, 5.41) is 3.45. The monoisotopic (exact) mass is 434 g/mol. The van der Waals surface area contributed by atoms with Gasteiger partial charge in [-0.3, -0.25) is 10.1 Å². The van der Waals surface area contributed by atoms with E-state index in [9.17, 15) is 4.79 Å². The summed E-state index contributed by atoms with van der Waals surface area (Å²) in [6, 6.07) is 13.9. The van der Waals surface area contributed by atoms with Crippen LogP contribution in [-0.4, -0.2) is 42.2 Å². The Hall–Kier alpha value is -3.23. The molecule has 5 rings (SSSR count). The Kier molecular flexibility index (Phi) is 5.17. The van der Waals surface area contributed by atoms with Gasteiger partial charge in [0.2, 0.25) is 11.8 Å². The molecule has 0 unspecified atom stereocenters. The van der Waals surface area contributed by atoms with E-state index >= 15 is 0 Å². The van der Waals surface area contributed by atoms with Crippen LogP contribution in [-0.2, 0) is 4.74 Å². The molecule has 31 heavy (non-hydrogen) atoms. The largest absolute Gasteiger partial charge is 0.420 e. The molecular weight excluding hydrogens is 412 g/mol. The van der Waals surface area contributed by atoms with Crippen molar-refractivity contribution >= 4 is 38.5 Å². The molecule has 1 amide bonds. The van der Waals surface area contributed by atoms with Crippen molar-refractivity contribution in [3.63, 3.8) is 0 Å². The van der Waals surface area contributed by atoms with Crippen LogP contribution in [0.4, 0.5) is 11.0 Å². The van der Waals surface area contributed by atoms with Crippen molar-refractivity contribution in [3.8, 4) is 11.5 Å². The van der Waals surface area contributed by atoms with Gasteiger partial charge in [-0.2, -0.15) is 0 Å². The summed E-state index contributed by atoms with van der Waals surface area (Å²) in [4.78, 5) is 24.3. The minimum atomic E-state index is -0.334. The van der Waals surface area contributed by atoms with Gasteiger partial charge in [-0.05, 0) is 43.7 Å². The maximum absolute atomic E-state index is 13.2. The summed E-state index contributed by atoms with van der Waals surface area (Å²) in [5.74, 6) is 0.555. The second-order valence-electron chi connectivity index (χ2n) is 7.58. The molecule has 8 heteroatoms. The van der Waals surface area contributed by atoms with E-state index in [2.05, 4.69) is 21.4 Å². The Bertz CT molecular complexity index is 1240. The average Bonchev–Trinajstić information content (AvgIpc) is 3.39. The number of nitrogens with zero attached hydrogens (tertiary/aromatic N) is 3. The topological polar surface area (TPSA) is 80.5 Å². The van der Waals surface area contributed by atoms with E-state index in [4.69, 9.17) is 9.15 Å². The number of thiazole rings is 1. The number of anilines is 2. The first kappa shape index (κ1) is 19.7. The fraction of sp³-hybridized carbons (Fsp3) is 0.261. The number of hydrogen-bond donors (Lipinski definition) is 1. The van der Waals surface area contributed by atoms with Crippen molar-refractivity contribution in [1.29, 1.82) is 0 Å². The highest BCUT2D eigenvalue weighted by Gasteiger charge is 2.27. The number of fused-ring (bicyclic) bond motifs is 1. The number of benzene rings is 2. The van der Waals surface area contributed by atoms with Crippen molar-refractivity contribution in [3.05, 3.63) is 59.3 Å². The minimum Gasteiger partial charge on any atom is -0.420 e. The molecular formula is C23H22N4O3S. The number of rotatable bonds is 4. The highest BCUT2D eigenvalue weighted by Crippen LogP contribution is 2.31. The molecule has 2 aromatic carbocycles. The summed E-state index contributed by atoms with van der Waals surface area (Å²) in [7, 11) is 0. The van der Waals surface area contributed by atoms with Crippen LogP contribution in [0.2, 0.25) is 0 Å². The number of carbonyl (C=O) groups is 1. The first-order valence-electron chi connectivity index (χ1n) is 10.2. The number of ether oxygens (including phenoxy) is 1. The first-order chi connectivity index (χ1) is 15.1. The molecule has 2 aromatic heterocycles. The molecule has 0 atom stereocenters. The number of nitrogens with one attached hydrogen (secondary N) is 1. The number of aromatic nitrogens is 2. The molecule has 1 aliphatic heterocycles. The van der Waals surface area contributed by atoms with Crippen LogP contribution in [0.15, 0.2) is 46.9 Å². The molecule has 0 spiro atoms. The van der Waals surface area contributed by atoms with Crippen LogP contribution < -0.4 is 10.2 Å². The van der Waals surface area contributed by atoms with Gasteiger partial charge in [0.1, 0.15) is 0 Å². The molecule has 3 heterocycles. The van der Waals surface area contributed by atoms with Gasteiger partial charge in [0.15, 0.2) is 10.8 Å². The molecule has 4 aromatic rings. The standard InChI is InChI=1S/C23H22N4O3S/c1-14-3-6-16(7-4-14)21-25-19(22(30-21)27-9-11-29-12-10-27)20(28)26-23-24-17-8-5-15(2)13-18(17)31-23/h3-8,13H,9-12H2,1-2H3,(H,24,26,28). The average molecular weight is 435 g/mol. The number of oxazole rings is 1. The van der Waals surface area contributed by atoms with Gasteiger partial charge in [-0.25, -0.2) is 9.97 Å². The highest BCUT2D eigenvalue weighted by atomic mass is 32.1. The highest BCUT2D eigenvalue weighted by molar-refractivity contribution is 7.22. The molecule has 1 N–H and O–H groups in total. The fourth-order valence-electron chi connectivity index (χ4n) is 3.50. The quantitative estimate of drug-likeness (QED) is 0.503. The second kappa shape index (κ2) is 8.13. The zero-order valence-electron chi connectivity index (χ0n) is 17.3. The van der Waals surface area contributed by atoms with Crippen LogP contribution in [0.25, 0.3) is 21.7 Å². The lowest BCUT2D eigenvalue weighted by Gasteiger charge is -2.26. The number of aryl methyl sites for hydroxylation is 2. The normalized spacial score (nSPS) is 14.2. The Morgan fingerprint density at radius 3 is 2.55 bits per heavy atom. The summed E-state index contributed by atoms with van der Waals surface area (Å²) >= 11 is 1.45. The Morgan fingerprint density at radius 1 is 1.03 bits per heavy atom. The van der Waals surface area contributed by atoms with E-state index in [1.807, 2.05) is 55.1 Å². The number of amides is 1. The van der Waals surface area contributed by atoms with Crippen LogP contribution in [0.5, 0.6) is 0 Å². The van der Waals surface area contributed by atoms with Crippen LogP contribution in [0.1, 0.15) is 21.6 Å². The van der Waals surface area contributed by atoms with Crippen LogP contribution >= 0.6 is 11.3 Å². The van der Waals surface area contributed by atoms with Crippen LogP contribution in [0.3, 0.4) is 0 Å². The summed E-state index contributed by atoms with van der Waals surface area (Å²) in [6.07, 6.45) is 0.